The summed E-state index contributed by atoms with van der Waals surface area (Å²) in [4.78, 5) is 4.53. The summed E-state index contributed by atoms with van der Waals surface area (Å²) >= 11 is 0. The molecule has 0 aliphatic heterocycles. The zero-order chi connectivity index (χ0) is 28.7. The first-order chi connectivity index (χ1) is 20.1. The second-order valence-electron chi connectivity index (χ2n) is 10.1. The summed E-state index contributed by atoms with van der Waals surface area (Å²) in [5.41, 5.74) is 7.09. The summed E-state index contributed by atoms with van der Waals surface area (Å²) in [7, 11) is 5.85. The summed E-state index contributed by atoms with van der Waals surface area (Å²) in [5.74, 6) is 0.865. The standard InChI is InChI=1S/C35H42N2O4/c1-36(2)33-15-7-12-30(22-33)25-37(26-31-13-9-17-35(24-31)38-3)34-16-8-14-32(23-34)28-41-21-19-39-18-20-40-27-29-10-5-4-6-11-29/h4-17,22-24H,18-21,25-28H2,1-3H3. The molecule has 0 bridgehead atoms. The van der Waals surface area contributed by atoms with Crippen molar-refractivity contribution < 1.29 is 18.9 Å². The van der Waals surface area contributed by atoms with E-state index < -0.39 is 0 Å². The van der Waals surface area contributed by atoms with Crippen LogP contribution >= 0.6 is 0 Å². The smallest absolute Gasteiger partial charge is 0.119 e. The van der Waals surface area contributed by atoms with Crippen LogP contribution in [0.4, 0.5) is 11.4 Å². The van der Waals surface area contributed by atoms with Gasteiger partial charge in [-0.2, -0.15) is 0 Å². The van der Waals surface area contributed by atoms with Crippen LogP contribution in [0.2, 0.25) is 0 Å². The minimum Gasteiger partial charge on any atom is -0.497 e. The van der Waals surface area contributed by atoms with Gasteiger partial charge in [0.25, 0.3) is 0 Å². The van der Waals surface area contributed by atoms with E-state index in [1.807, 2.05) is 30.3 Å². The Hall–Kier alpha value is -3.84. The van der Waals surface area contributed by atoms with E-state index in [9.17, 15) is 0 Å². The summed E-state index contributed by atoms with van der Waals surface area (Å²) in [6, 6.07) is 35.7. The van der Waals surface area contributed by atoms with E-state index in [2.05, 4.69) is 96.7 Å². The van der Waals surface area contributed by atoms with Crippen LogP contribution in [0.3, 0.4) is 0 Å². The summed E-state index contributed by atoms with van der Waals surface area (Å²) in [5, 5.41) is 0. The van der Waals surface area contributed by atoms with Gasteiger partial charge >= 0.3 is 0 Å². The lowest BCUT2D eigenvalue weighted by Gasteiger charge is -2.26. The van der Waals surface area contributed by atoms with E-state index in [0.29, 0.717) is 39.6 Å². The molecule has 0 unspecified atom stereocenters. The molecule has 0 radical (unpaired) electrons. The van der Waals surface area contributed by atoms with Crippen molar-refractivity contribution >= 4 is 11.4 Å². The van der Waals surface area contributed by atoms with E-state index in [1.165, 1.54) is 22.4 Å². The predicted octanol–water partition coefficient (Wildman–Crippen LogP) is 6.72. The van der Waals surface area contributed by atoms with Gasteiger partial charge in [0, 0.05) is 38.6 Å². The monoisotopic (exact) mass is 554 g/mol. The molecule has 0 amide bonds. The van der Waals surface area contributed by atoms with Gasteiger partial charge in [0.15, 0.2) is 0 Å². The van der Waals surface area contributed by atoms with Gasteiger partial charge in [-0.15, -0.1) is 0 Å². The van der Waals surface area contributed by atoms with Crippen LogP contribution in [-0.2, 0) is 40.5 Å². The molecule has 41 heavy (non-hydrogen) atoms. The number of methoxy groups -OCH3 is 1. The first-order valence-electron chi connectivity index (χ1n) is 14.1. The van der Waals surface area contributed by atoms with Crippen molar-refractivity contribution in [1.29, 1.82) is 0 Å². The van der Waals surface area contributed by atoms with Crippen LogP contribution in [0.5, 0.6) is 5.75 Å². The third-order valence-corrected chi connectivity index (χ3v) is 6.71. The Morgan fingerprint density at radius 1 is 0.512 bits per heavy atom. The van der Waals surface area contributed by atoms with Crippen LogP contribution in [0.25, 0.3) is 0 Å². The predicted molar refractivity (Wildman–Crippen MR) is 167 cm³/mol. The van der Waals surface area contributed by atoms with E-state index in [-0.39, 0.29) is 0 Å². The number of benzene rings is 4. The highest BCUT2D eigenvalue weighted by molar-refractivity contribution is 5.52. The zero-order valence-electron chi connectivity index (χ0n) is 24.5. The van der Waals surface area contributed by atoms with Gasteiger partial charge in [0.2, 0.25) is 0 Å². The number of ether oxygens (including phenoxy) is 4. The molecule has 0 N–H and O–H groups in total. The van der Waals surface area contributed by atoms with Gasteiger partial charge in [-0.05, 0) is 58.7 Å². The molecule has 4 aromatic rings. The molecule has 0 fully saturated rings. The summed E-state index contributed by atoms with van der Waals surface area (Å²) < 4.78 is 22.8. The topological polar surface area (TPSA) is 43.4 Å². The third kappa shape index (κ3) is 10.3. The molecular formula is C35H42N2O4. The van der Waals surface area contributed by atoms with Crippen molar-refractivity contribution in [2.75, 3.05) is 57.4 Å². The Labute approximate surface area is 245 Å². The lowest BCUT2D eigenvalue weighted by molar-refractivity contribution is 0.00704. The Balaban J connectivity index is 1.30. The van der Waals surface area contributed by atoms with Crippen LogP contribution in [-0.4, -0.2) is 47.6 Å². The van der Waals surface area contributed by atoms with Crippen molar-refractivity contribution in [2.45, 2.75) is 26.3 Å². The first kappa shape index (κ1) is 30.1. The van der Waals surface area contributed by atoms with E-state index in [0.717, 1.165) is 30.1 Å². The van der Waals surface area contributed by atoms with Gasteiger partial charge in [-0.1, -0.05) is 66.7 Å². The Bertz CT molecular complexity index is 1310. The highest BCUT2D eigenvalue weighted by Gasteiger charge is 2.11. The highest BCUT2D eigenvalue weighted by atomic mass is 16.5. The lowest BCUT2D eigenvalue weighted by atomic mass is 10.1. The number of hydrogen-bond acceptors (Lipinski definition) is 6. The third-order valence-electron chi connectivity index (χ3n) is 6.71. The quantitative estimate of drug-likeness (QED) is 0.135. The summed E-state index contributed by atoms with van der Waals surface area (Å²) in [6.45, 7) is 4.87. The lowest BCUT2D eigenvalue weighted by Crippen LogP contribution is -2.22. The van der Waals surface area contributed by atoms with Crippen molar-refractivity contribution in [3.8, 4) is 5.75 Å². The molecule has 4 aromatic carbocycles. The molecule has 0 spiro atoms. The molecule has 6 nitrogen and oxygen atoms in total. The minimum atomic E-state index is 0.533. The average molecular weight is 555 g/mol. The highest BCUT2D eigenvalue weighted by Crippen LogP contribution is 2.25. The Morgan fingerprint density at radius 2 is 1.05 bits per heavy atom. The van der Waals surface area contributed by atoms with Crippen LogP contribution in [0.1, 0.15) is 22.3 Å². The summed E-state index contributed by atoms with van der Waals surface area (Å²) in [6.07, 6.45) is 0. The van der Waals surface area contributed by atoms with Crippen molar-refractivity contribution in [2.24, 2.45) is 0 Å². The second kappa shape index (κ2) is 16.4. The SMILES string of the molecule is COc1cccc(CN(Cc2cccc(N(C)C)c2)c2cccc(COCCOCCOCc3ccccc3)c2)c1. The minimum absolute atomic E-state index is 0.533. The van der Waals surface area contributed by atoms with Gasteiger partial charge in [-0.25, -0.2) is 0 Å². The first-order valence-corrected chi connectivity index (χ1v) is 14.1. The number of hydrogen-bond donors (Lipinski definition) is 0. The molecular weight excluding hydrogens is 512 g/mol. The fourth-order valence-corrected chi connectivity index (χ4v) is 4.52. The largest absolute Gasteiger partial charge is 0.497 e. The maximum atomic E-state index is 5.93. The Morgan fingerprint density at radius 3 is 1.73 bits per heavy atom. The Kier molecular flexibility index (Phi) is 12.1. The molecule has 6 heteroatoms. The molecule has 0 aliphatic carbocycles. The molecule has 0 aromatic heterocycles. The fraction of sp³-hybridized carbons (Fsp3) is 0.314. The maximum absolute atomic E-state index is 5.93. The van der Waals surface area contributed by atoms with Crippen molar-refractivity contribution in [3.05, 3.63) is 125 Å². The normalized spacial score (nSPS) is 10.9. The average Bonchev–Trinajstić information content (AvgIpc) is 3.01. The van der Waals surface area contributed by atoms with Crippen LogP contribution in [0.15, 0.2) is 103 Å². The molecule has 4 rings (SSSR count). The second-order valence-corrected chi connectivity index (χ2v) is 10.1. The maximum Gasteiger partial charge on any atom is 0.119 e. The van der Waals surface area contributed by atoms with E-state index in [4.69, 9.17) is 18.9 Å². The molecule has 216 valence electrons. The van der Waals surface area contributed by atoms with Gasteiger partial charge in [-0.3, -0.25) is 0 Å². The van der Waals surface area contributed by atoms with Gasteiger partial charge in [0.1, 0.15) is 5.75 Å². The number of rotatable bonds is 17. The van der Waals surface area contributed by atoms with Crippen LogP contribution < -0.4 is 14.5 Å². The number of nitrogens with zero attached hydrogens (tertiary/aromatic N) is 2. The molecule has 0 atom stereocenters. The molecule has 0 saturated heterocycles. The molecule has 0 aliphatic rings. The van der Waals surface area contributed by atoms with Crippen LogP contribution in [0, 0.1) is 0 Å². The van der Waals surface area contributed by atoms with E-state index in [1.54, 1.807) is 7.11 Å². The fourth-order valence-electron chi connectivity index (χ4n) is 4.52. The van der Waals surface area contributed by atoms with Crippen molar-refractivity contribution in [1.82, 2.24) is 0 Å². The number of anilines is 2. The molecule has 0 heterocycles. The van der Waals surface area contributed by atoms with Gasteiger partial charge < -0.3 is 28.7 Å². The molecule has 0 saturated carbocycles. The van der Waals surface area contributed by atoms with Gasteiger partial charge in [0.05, 0.1) is 46.8 Å². The van der Waals surface area contributed by atoms with E-state index >= 15 is 0 Å². The van der Waals surface area contributed by atoms with Crippen molar-refractivity contribution in [3.63, 3.8) is 0 Å². The zero-order valence-corrected chi connectivity index (χ0v) is 24.5.